The minimum Gasteiger partial charge on any atom is -0.455 e. The number of carbonyl (C=O) groups is 1. The molecule has 0 bridgehead atoms. The normalized spacial score (nSPS) is 12.7. The molecule has 0 aliphatic rings. The molecule has 18 heavy (non-hydrogen) atoms. The molecule has 0 radical (unpaired) electrons. The Morgan fingerprint density at radius 3 is 2.28 bits per heavy atom. The highest BCUT2D eigenvalue weighted by atomic mass is 16.5. The highest BCUT2D eigenvalue weighted by Gasteiger charge is 2.16. The highest BCUT2D eigenvalue weighted by molar-refractivity contribution is 5.93. The second kappa shape index (κ2) is 6.39. The summed E-state index contributed by atoms with van der Waals surface area (Å²) in [6, 6.07) is 4.03. The second-order valence-electron chi connectivity index (χ2n) is 4.65. The molecule has 0 aliphatic carbocycles. The zero-order chi connectivity index (χ0) is 13.7. The van der Waals surface area contributed by atoms with Crippen molar-refractivity contribution in [3.05, 3.63) is 46.5 Å². The summed E-state index contributed by atoms with van der Waals surface area (Å²) in [4.78, 5) is 12.2. The van der Waals surface area contributed by atoms with Gasteiger partial charge in [0.2, 0.25) is 0 Å². The van der Waals surface area contributed by atoms with Gasteiger partial charge in [-0.2, -0.15) is 0 Å². The molecule has 0 saturated heterocycles. The number of ether oxygens (including phenoxy) is 1. The largest absolute Gasteiger partial charge is 0.455 e. The Morgan fingerprint density at radius 1 is 1.28 bits per heavy atom. The Balaban J connectivity index is 2.97. The van der Waals surface area contributed by atoms with E-state index in [2.05, 4.69) is 0 Å². The fraction of sp³-hybridized carbons (Fsp3) is 0.438. The first kappa shape index (κ1) is 14.5. The van der Waals surface area contributed by atoms with Gasteiger partial charge < -0.3 is 4.74 Å². The van der Waals surface area contributed by atoms with Gasteiger partial charge in [-0.1, -0.05) is 30.7 Å². The molecule has 1 aromatic rings. The minimum absolute atomic E-state index is 0.136. The van der Waals surface area contributed by atoms with E-state index in [0.717, 1.165) is 17.5 Å². The van der Waals surface area contributed by atoms with Crippen LogP contribution in [0.2, 0.25) is 0 Å². The Kier molecular flexibility index (Phi) is 5.14. The molecule has 0 amide bonds. The molecular formula is C16H22O2. The molecule has 0 spiro atoms. The third kappa shape index (κ3) is 3.46. The second-order valence-corrected chi connectivity index (χ2v) is 4.65. The lowest BCUT2D eigenvalue weighted by atomic mass is 10.00. The van der Waals surface area contributed by atoms with Crippen molar-refractivity contribution in [2.75, 3.05) is 0 Å². The fourth-order valence-electron chi connectivity index (χ4n) is 2.17. The summed E-state index contributed by atoms with van der Waals surface area (Å²) in [6.07, 6.45) is 4.48. The molecule has 98 valence electrons. The van der Waals surface area contributed by atoms with E-state index in [9.17, 15) is 4.79 Å². The van der Waals surface area contributed by atoms with Gasteiger partial charge in [-0.15, -0.1) is 0 Å². The molecular weight excluding hydrogens is 224 g/mol. The van der Waals surface area contributed by atoms with Gasteiger partial charge in [-0.25, -0.2) is 4.79 Å². The van der Waals surface area contributed by atoms with Gasteiger partial charge in [0.25, 0.3) is 0 Å². The molecule has 0 saturated carbocycles. The number of hydrogen-bond acceptors (Lipinski definition) is 2. The monoisotopic (exact) mass is 246 g/mol. The predicted molar refractivity (Wildman–Crippen MR) is 75.0 cm³/mol. The van der Waals surface area contributed by atoms with Gasteiger partial charge in [0.05, 0.1) is 5.56 Å². The lowest BCUT2D eigenvalue weighted by Crippen LogP contribution is -2.17. The van der Waals surface area contributed by atoms with Gasteiger partial charge >= 0.3 is 5.97 Å². The summed E-state index contributed by atoms with van der Waals surface area (Å²) in [7, 11) is 0. The van der Waals surface area contributed by atoms with Crippen molar-refractivity contribution in [2.24, 2.45) is 0 Å². The van der Waals surface area contributed by atoms with Crippen LogP contribution in [-0.4, -0.2) is 12.1 Å². The molecule has 0 heterocycles. The molecule has 1 atom stereocenters. The average molecular weight is 246 g/mol. The maximum Gasteiger partial charge on any atom is 0.339 e. The third-order valence-corrected chi connectivity index (χ3v) is 2.95. The zero-order valence-corrected chi connectivity index (χ0v) is 11.9. The van der Waals surface area contributed by atoms with Crippen molar-refractivity contribution in [3.63, 3.8) is 0 Å². The Labute approximate surface area is 110 Å². The quantitative estimate of drug-likeness (QED) is 0.590. The Morgan fingerprint density at radius 2 is 1.83 bits per heavy atom. The topological polar surface area (TPSA) is 26.3 Å². The Bertz CT molecular complexity index is 435. The molecule has 0 fully saturated rings. The predicted octanol–water partition coefficient (Wildman–Crippen LogP) is 4.12. The lowest BCUT2D eigenvalue weighted by Gasteiger charge is -2.15. The number of allylic oxidation sites excluding steroid dienone is 1. The number of hydrogen-bond donors (Lipinski definition) is 0. The molecule has 0 aromatic heterocycles. The summed E-state index contributed by atoms with van der Waals surface area (Å²) in [6.45, 7) is 9.87. The molecule has 1 unspecified atom stereocenters. The van der Waals surface area contributed by atoms with E-state index in [0.29, 0.717) is 5.56 Å². The first-order chi connectivity index (χ1) is 8.49. The lowest BCUT2D eigenvalue weighted by molar-refractivity contribution is 0.0387. The van der Waals surface area contributed by atoms with Gasteiger partial charge in [-0.3, -0.25) is 0 Å². The number of benzene rings is 1. The molecule has 2 nitrogen and oxygen atoms in total. The molecule has 0 N–H and O–H groups in total. The first-order valence-electron chi connectivity index (χ1n) is 6.41. The zero-order valence-electron chi connectivity index (χ0n) is 11.9. The smallest absolute Gasteiger partial charge is 0.339 e. The fourth-order valence-corrected chi connectivity index (χ4v) is 2.17. The maximum absolute atomic E-state index is 12.2. The van der Waals surface area contributed by atoms with Crippen LogP contribution in [0, 0.1) is 20.8 Å². The maximum atomic E-state index is 12.2. The van der Waals surface area contributed by atoms with Gasteiger partial charge in [0.1, 0.15) is 6.10 Å². The minimum atomic E-state index is -0.227. The van der Waals surface area contributed by atoms with E-state index in [1.807, 2.05) is 58.9 Å². The van der Waals surface area contributed by atoms with Crippen molar-refractivity contribution in [1.29, 1.82) is 0 Å². The van der Waals surface area contributed by atoms with Crippen LogP contribution >= 0.6 is 0 Å². The van der Waals surface area contributed by atoms with Crippen LogP contribution in [0.1, 0.15) is 47.3 Å². The highest BCUT2D eigenvalue weighted by Crippen LogP contribution is 2.18. The summed E-state index contributed by atoms with van der Waals surface area (Å²) >= 11 is 0. The standard InChI is InChI=1S/C16H22O2/c1-6-8-14(7-2)18-16(17)15-12(4)9-11(3)10-13(15)5/h6,8-10,14H,7H2,1-5H3/b8-6+. The van der Waals surface area contributed by atoms with Gasteiger partial charge in [0, 0.05) is 0 Å². The molecule has 2 heteroatoms. The average Bonchev–Trinajstić information content (AvgIpc) is 2.26. The summed E-state index contributed by atoms with van der Waals surface area (Å²) < 4.78 is 5.50. The van der Waals surface area contributed by atoms with E-state index >= 15 is 0 Å². The third-order valence-electron chi connectivity index (χ3n) is 2.95. The first-order valence-corrected chi connectivity index (χ1v) is 6.41. The van der Waals surface area contributed by atoms with Crippen molar-refractivity contribution in [1.82, 2.24) is 0 Å². The van der Waals surface area contributed by atoms with E-state index in [1.54, 1.807) is 0 Å². The van der Waals surface area contributed by atoms with Crippen molar-refractivity contribution in [3.8, 4) is 0 Å². The van der Waals surface area contributed by atoms with E-state index < -0.39 is 0 Å². The molecule has 1 aromatic carbocycles. The molecule has 0 aliphatic heterocycles. The van der Waals surface area contributed by atoms with Crippen molar-refractivity contribution in [2.45, 2.75) is 47.1 Å². The van der Waals surface area contributed by atoms with Crippen LogP contribution in [0.3, 0.4) is 0 Å². The number of esters is 1. The summed E-state index contributed by atoms with van der Waals surface area (Å²) in [5.74, 6) is -0.227. The Hall–Kier alpha value is -1.57. The van der Waals surface area contributed by atoms with Crippen molar-refractivity contribution < 1.29 is 9.53 Å². The molecule has 1 rings (SSSR count). The number of carbonyl (C=O) groups excluding carboxylic acids is 1. The summed E-state index contributed by atoms with van der Waals surface area (Å²) in [5.41, 5.74) is 3.83. The van der Waals surface area contributed by atoms with E-state index in [1.165, 1.54) is 5.56 Å². The number of rotatable bonds is 4. The van der Waals surface area contributed by atoms with E-state index in [-0.39, 0.29) is 12.1 Å². The van der Waals surface area contributed by atoms with Crippen LogP contribution in [0.4, 0.5) is 0 Å². The summed E-state index contributed by atoms with van der Waals surface area (Å²) in [5, 5.41) is 0. The SMILES string of the molecule is C/C=C/C(CC)OC(=O)c1c(C)cc(C)cc1C. The van der Waals surface area contributed by atoms with Gasteiger partial charge in [0.15, 0.2) is 0 Å². The van der Waals surface area contributed by atoms with Gasteiger partial charge in [-0.05, 0) is 51.3 Å². The van der Waals surface area contributed by atoms with Crippen molar-refractivity contribution >= 4 is 5.97 Å². The number of aryl methyl sites for hydroxylation is 3. The van der Waals surface area contributed by atoms with Crippen LogP contribution in [0.25, 0.3) is 0 Å². The van der Waals surface area contributed by atoms with Crippen LogP contribution < -0.4 is 0 Å². The van der Waals surface area contributed by atoms with E-state index in [4.69, 9.17) is 4.74 Å². The van der Waals surface area contributed by atoms with Crippen LogP contribution in [0.5, 0.6) is 0 Å². The van der Waals surface area contributed by atoms with Crippen LogP contribution in [-0.2, 0) is 4.74 Å². The van der Waals surface area contributed by atoms with Crippen LogP contribution in [0.15, 0.2) is 24.3 Å².